The summed E-state index contributed by atoms with van der Waals surface area (Å²) in [5.74, 6) is -0.267. The van der Waals surface area contributed by atoms with Crippen LogP contribution in [0, 0.1) is 5.41 Å². The van der Waals surface area contributed by atoms with E-state index in [0.717, 1.165) is 11.1 Å². The van der Waals surface area contributed by atoms with Gasteiger partial charge in [-0.1, -0.05) is 44.2 Å². The largest absolute Gasteiger partial charge is 0.350 e. The first-order chi connectivity index (χ1) is 10.4. The van der Waals surface area contributed by atoms with Gasteiger partial charge in [0.15, 0.2) is 0 Å². The summed E-state index contributed by atoms with van der Waals surface area (Å²) in [7, 11) is 1.53. The minimum absolute atomic E-state index is 0.0718. The molecule has 0 aliphatic carbocycles. The molecule has 1 amide bonds. The summed E-state index contributed by atoms with van der Waals surface area (Å²) in [5, 5.41) is 6.84. The molecule has 0 unspecified atom stereocenters. The second kappa shape index (κ2) is 6.56. The van der Waals surface area contributed by atoms with Crippen LogP contribution in [-0.4, -0.2) is 22.2 Å². The van der Waals surface area contributed by atoms with Crippen LogP contribution in [0.3, 0.4) is 0 Å². The summed E-state index contributed by atoms with van der Waals surface area (Å²) in [5.41, 5.74) is 1.18. The molecule has 1 N–H and O–H groups in total. The number of aryl methyl sites for hydroxylation is 1. The standard InChI is InChI=1S/C17H21N3O2/c1-17(2,11-13-7-5-4-6-8-13)12-18-16(22)14-9-10-15(21)20(3)19-14/h4-10H,11-12H2,1-3H3,(H,18,22). The molecule has 0 saturated heterocycles. The van der Waals surface area contributed by atoms with E-state index >= 15 is 0 Å². The van der Waals surface area contributed by atoms with Gasteiger partial charge in [-0.15, -0.1) is 0 Å². The minimum atomic E-state index is -0.267. The highest BCUT2D eigenvalue weighted by molar-refractivity contribution is 5.92. The third-order valence-corrected chi connectivity index (χ3v) is 3.45. The van der Waals surface area contributed by atoms with Gasteiger partial charge in [0.05, 0.1) is 0 Å². The van der Waals surface area contributed by atoms with Gasteiger partial charge in [-0.3, -0.25) is 9.59 Å². The van der Waals surface area contributed by atoms with Gasteiger partial charge in [-0.25, -0.2) is 4.68 Å². The smallest absolute Gasteiger partial charge is 0.271 e. The van der Waals surface area contributed by atoms with E-state index in [4.69, 9.17) is 0 Å². The van der Waals surface area contributed by atoms with Crippen LogP contribution in [0.25, 0.3) is 0 Å². The maximum Gasteiger partial charge on any atom is 0.271 e. The Bertz CT molecular complexity index is 705. The summed E-state index contributed by atoms with van der Waals surface area (Å²) in [6.07, 6.45) is 0.870. The van der Waals surface area contributed by atoms with Crippen LogP contribution in [0.15, 0.2) is 47.3 Å². The van der Waals surface area contributed by atoms with Crippen molar-refractivity contribution in [2.45, 2.75) is 20.3 Å². The van der Waals surface area contributed by atoms with Gasteiger partial charge < -0.3 is 5.32 Å². The molecule has 5 nitrogen and oxygen atoms in total. The van der Waals surface area contributed by atoms with Crippen molar-refractivity contribution in [1.82, 2.24) is 15.1 Å². The zero-order chi connectivity index (χ0) is 16.2. The Morgan fingerprint density at radius 3 is 2.50 bits per heavy atom. The number of benzene rings is 1. The van der Waals surface area contributed by atoms with Gasteiger partial charge in [0.2, 0.25) is 0 Å². The predicted octanol–water partition coefficient (Wildman–Crippen LogP) is 1.78. The number of hydrogen-bond donors (Lipinski definition) is 1. The first-order valence-electron chi connectivity index (χ1n) is 7.24. The van der Waals surface area contributed by atoms with E-state index in [0.29, 0.717) is 6.54 Å². The molecule has 5 heteroatoms. The van der Waals surface area contributed by atoms with E-state index in [2.05, 4.69) is 36.4 Å². The molecule has 0 saturated carbocycles. The number of nitrogens with zero attached hydrogens (tertiary/aromatic N) is 2. The molecule has 1 heterocycles. The highest BCUT2D eigenvalue weighted by Gasteiger charge is 2.20. The Hall–Kier alpha value is -2.43. The Balaban J connectivity index is 1.97. The third kappa shape index (κ3) is 4.28. The van der Waals surface area contributed by atoms with Crippen molar-refractivity contribution in [2.75, 3.05) is 6.54 Å². The molecule has 0 aliphatic heterocycles. The number of nitrogens with one attached hydrogen (secondary N) is 1. The quantitative estimate of drug-likeness (QED) is 0.915. The number of aromatic nitrogens is 2. The van der Waals surface area contributed by atoms with Gasteiger partial charge in [0.1, 0.15) is 5.69 Å². The van der Waals surface area contributed by atoms with Crippen LogP contribution in [-0.2, 0) is 13.5 Å². The molecule has 2 rings (SSSR count). The molecule has 1 aromatic carbocycles. The predicted molar refractivity (Wildman–Crippen MR) is 85.7 cm³/mol. The Morgan fingerprint density at radius 2 is 1.86 bits per heavy atom. The van der Waals surface area contributed by atoms with Crippen LogP contribution in [0.1, 0.15) is 29.9 Å². The lowest BCUT2D eigenvalue weighted by atomic mass is 9.85. The fraction of sp³-hybridized carbons (Fsp3) is 0.353. The Kier molecular flexibility index (Phi) is 4.75. The zero-order valence-electron chi connectivity index (χ0n) is 13.2. The first kappa shape index (κ1) is 15.9. The number of carbonyl (C=O) groups excluding carboxylic acids is 1. The SMILES string of the molecule is Cn1nc(C(=O)NCC(C)(C)Cc2ccccc2)ccc1=O. The van der Waals surface area contributed by atoms with E-state index in [1.54, 1.807) is 0 Å². The molecule has 1 aromatic heterocycles. The van der Waals surface area contributed by atoms with Crippen molar-refractivity contribution in [3.05, 3.63) is 64.1 Å². The van der Waals surface area contributed by atoms with Gasteiger partial charge in [-0.2, -0.15) is 5.10 Å². The molecule has 0 radical (unpaired) electrons. The second-order valence-electron chi connectivity index (χ2n) is 6.19. The average Bonchev–Trinajstić information content (AvgIpc) is 2.48. The van der Waals surface area contributed by atoms with Gasteiger partial charge in [0, 0.05) is 19.7 Å². The van der Waals surface area contributed by atoms with E-state index in [-0.39, 0.29) is 22.6 Å². The second-order valence-corrected chi connectivity index (χ2v) is 6.19. The van der Waals surface area contributed by atoms with Crippen LogP contribution >= 0.6 is 0 Å². The molecule has 22 heavy (non-hydrogen) atoms. The molecule has 0 fully saturated rings. The van der Waals surface area contributed by atoms with Crippen LogP contribution in [0.4, 0.5) is 0 Å². The molecule has 0 bridgehead atoms. The van der Waals surface area contributed by atoms with Crippen LogP contribution < -0.4 is 10.9 Å². The van der Waals surface area contributed by atoms with Crippen LogP contribution in [0.5, 0.6) is 0 Å². The molecule has 0 atom stereocenters. The van der Waals surface area contributed by atoms with E-state index in [1.165, 1.54) is 24.7 Å². The fourth-order valence-corrected chi connectivity index (χ4v) is 2.24. The van der Waals surface area contributed by atoms with Crippen molar-refractivity contribution in [3.63, 3.8) is 0 Å². The Labute approximate surface area is 130 Å². The van der Waals surface area contributed by atoms with Crippen molar-refractivity contribution >= 4 is 5.91 Å². The molecular weight excluding hydrogens is 278 g/mol. The summed E-state index contributed by atoms with van der Waals surface area (Å²) in [6.45, 7) is 4.74. The lowest BCUT2D eigenvalue weighted by molar-refractivity contribution is 0.0929. The Morgan fingerprint density at radius 1 is 1.18 bits per heavy atom. The van der Waals surface area contributed by atoms with E-state index in [1.807, 2.05) is 18.2 Å². The van der Waals surface area contributed by atoms with Gasteiger partial charge >= 0.3 is 0 Å². The van der Waals surface area contributed by atoms with Crippen LogP contribution in [0.2, 0.25) is 0 Å². The molecule has 0 spiro atoms. The van der Waals surface area contributed by atoms with E-state index < -0.39 is 0 Å². The highest BCUT2D eigenvalue weighted by Crippen LogP contribution is 2.20. The van der Waals surface area contributed by atoms with Gasteiger partial charge in [-0.05, 0) is 23.5 Å². The third-order valence-electron chi connectivity index (χ3n) is 3.45. The number of carbonyl (C=O) groups is 1. The monoisotopic (exact) mass is 299 g/mol. The van der Waals surface area contributed by atoms with Gasteiger partial charge in [0.25, 0.3) is 11.5 Å². The summed E-state index contributed by atoms with van der Waals surface area (Å²) < 4.78 is 1.16. The zero-order valence-corrected chi connectivity index (χ0v) is 13.2. The normalized spacial score (nSPS) is 11.2. The van der Waals surface area contributed by atoms with Crippen molar-refractivity contribution < 1.29 is 4.79 Å². The lowest BCUT2D eigenvalue weighted by Crippen LogP contribution is -2.36. The molecule has 2 aromatic rings. The number of hydrogen-bond acceptors (Lipinski definition) is 3. The fourth-order valence-electron chi connectivity index (χ4n) is 2.24. The summed E-state index contributed by atoms with van der Waals surface area (Å²) >= 11 is 0. The average molecular weight is 299 g/mol. The van der Waals surface area contributed by atoms with Crippen molar-refractivity contribution in [3.8, 4) is 0 Å². The van der Waals surface area contributed by atoms with Crippen molar-refractivity contribution in [2.24, 2.45) is 12.5 Å². The molecule has 0 aliphatic rings. The maximum absolute atomic E-state index is 12.1. The minimum Gasteiger partial charge on any atom is -0.350 e. The topological polar surface area (TPSA) is 64.0 Å². The molecular formula is C17H21N3O2. The highest BCUT2D eigenvalue weighted by atomic mass is 16.2. The first-order valence-corrected chi connectivity index (χ1v) is 7.24. The summed E-state index contributed by atoms with van der Waals surface area (Å²) in [6, 6.07) is 13.0. The number of rotatable bonds is 5. The summed E-state index contributed by atoms with van der Waals surface area (Å²) in [4.78, 5) is 23.4. The molecule has 116 valence electrons. The number of amides is 1. The van der Waals surface area contributed by atoms with E-state index in [9.17, 15) is 9.59 Å². The maximum atomic E-state index is 12.1. The lowest BCUT2D eigenvalue weighted by Gasteiger charge is -2.25. The van der Waals surface area contributed by atoms with Crippen molar-refractivity contribution in [1.29, 1.82) is 0 Å².